The molecule has 0 spiro atoms. The zero-order valence-electron chi connectivity index (χ0n) is 20.8. The highest BCUT2D eigenvalue weighted by atomic mass is 32.2. The summed E-state index contributed by atoms with van der Waals surface area (Å²) in [5.74, 6) is -0.152. The van der Waals surface area contributed by atoms with Crippen LogP contribution in [0.5, 0.6) is 0 Å². The normalized spacial score (nSPS) is 14.8. The molecule has 4 nitrogen and oxygen atoms in total. The largest absolute Gasteiger partial charge is 0.346 e. The van der Waals surface area contributed by atoms with Gasteiger partial charge in [0.25, 0.3) is 11.8 Å². The Morgan fingerprint density at radius 3 is 2.41 bits per heavy atom. The molecule has 4 aromatic carbocycles. The number of benzene rings is 4. The van der Waals surface area contributed by atoms with Crippen LogP contribution >= 0.6 is 11.8 Å². The standard InChI is InChI=1S/C32H28N2O2S/c1-22-9-8-10-25(19-22)21-34-28-13-6-7-14-29(28)37-30(32(34)36)20-24-15-17-27(18-16-24)31(35)33-23(2)26-11-4-3-5-12-26/h3-20,23H,21H2,1-2H3,(H,33,35)/b30-20+/t23-/m1/s1. The average molecular weight is 505 g/mol. The first-order valence-corrected chi connectivity index (χ1v) is 13.1. The van der Waals surface area contributed by atoms with Crippen LogP contribution in [-0.4, -0.2) is 11.8 Å². The fraction of sp³-hybridized carbons (Fsp3) is 0.125. The number of aryl methyl sites for hydroxylation is 1. The van der Waals surface area contributed by atoms with E-state index in [1.54, 1.807) is 12.1 Å². The van der Waals surface area contributed by atoms with Crippen LogP contribution < -0.4 is 10.2 Å². The van der Waals surface area contributed by atoms with Crippen molar-refractivity contribution in [2.24, 2.45) is 0 Å². The monoisotopic (exact) mass is 504 g/mol. The number of carbonyl (C=O) groups excluding carboxylic acids is 2. The minimum absolute atomic E-state index is 0.0243. The summed E-state index contributed by atoms with van der Waals surface area (Å²) in [4.78, 5) is 29.9. The first kappa shape index (κ1) is 24.6. The molecule has 2 amide bonds. The van der Waals surface area contributed by atoms with E-state index in [0.717, 1.165) is 27.3 Å². The zero-order chi connectivity index (χ0) is 25.8. The Labute approximate surface area is 222 Å². The smallest absolute Gasteiger partial charge is 0.265 e. The molecule has 184 valence electrons. The van der Waals surface area contributed by atoms with Gasteiger partial charge in [0.1, 0.15) is 0 Å². The van der Waals surface area contributed by atoms with Gasteiger partial charge >= 0.3 is 0 Å². The number of hydrogen-bond donors (Lipinski definition) is 1. The van der Waals surface area contributed by atoms with Gasteiger partial charge in [-0.05, 0) is 60.9 Å². The molecule has 5 heteroatoms. The van der Waals surface area contributed by atoms with Gasteiger partial charge in [-0.1, -0.05) is 96.2 Å². The lowest BCUT2D eigenvalue weighted by atomic mass is 10.1. The quantitative estimate of drug-likeness (QED) is 0.283. The molecule has 1 atom stereocenters. The van der Waals surface area contributed by atoms with E-state index in [1.807, 2.05) is 90.7 Å². The predicted octanol–water partition coefficient (Wildman–Crippen LogP) is 7.17. The SMILES string of the molecule is Cc1cccc(CN2C(=O)/C(=C\c3ccc(C(=O)N[C@H](C)c4ccccc4)cc3)Sc3ccccc32)c1. The summed E-state index contributed by atoms with van der Waals surface area (Å²) < 4.78 is 0. The van der Waals surface area contributed by atoms with Crippen LogP contribution in [0.15, 0.2) is 113 Å². The molecule has 1 aliphatic heterocycles. The topological polar surface area (TPSA) is 49.4 Å². The van der Waals surface area contributed by atoms with Crippen LogP contribution in [0.1, 0.15) is 45.6 Å². The number of fused-ring (bicyclic) bond motifs is 1. The van der Waals surface area contributed by atoms with Gasteiger partial charge in [-0.2, -0.15) is 0 Å². The van der Waals surface area contributed by atoms with E-state index >= 15 is 0 Å². The fourth-order valence-electron chi connectivity index (χ4n) is 4.40. The summed E-state index contributed by atoms with van der Waals surface area (Å²) in [6.45, 7) is 4.54. The van der Waals surface area contributed by atoms with Crippen molar-refractivity contribution in [2.45, 2.75) is 31.3 Å². The Kier molecular flexibility index (Phi) is 7.24. The maximum absolute atomic E-state index is 13.6. The van der Waals surface area contributed by atoms with Gasteiger partial charge in [0.2, 0.25) is 0 Å². The second kappa shape index (κ2) is 10.9. The summed E-state index contributed by atoms with van der Waals surface area (Å²) in [5, 5.41) is 3.04. The summed E-state index contributed by atoms with van der Waals surface area (Å²) in [6, 6.07) is 33.4. The van der Waals surface area contributed by atoms with Crippen LogP contribution in [0.3, 0.4) is 0 Å². The van der Waals surface area contributed by atoms with E-state index in [-0.39, 0.29) is 17.9 Å². The van der Waals surface area contributed by atoms with E-state index in [9.17, 15) is 9.59 Å². The number of anilines is 1. The second-order valence-electron chi connectivity index (χ2n) is 9.19. The molecule has 5 rings (SSSR count). The van der Waals surface area contributed by atoms with Gasteiger partial charge in [0, 0.05) is 10.5 Å². The number of para-hydroxylation sites is 1. The molecule has 37 heavy (non-hydrogen) atoms. The lowest BCUT2D eigenvalue weighted by Gasteiger charge is -2.30. The van der Waals surface area contributed by atoms with Crippen molar-refractivity contribution in [3.05, 3.63) is 136 Å². The van der Waals surface area contributed by atoms with E-state index < -0.39 is 0 Å². The highest BCUT2D eigenvalue weighted by Crippen LogP contribution is 2.42. The number of carbonyl (C=O) groups is 2. The third-order valence-corrected chi connectivity index (χ3v) is 7.45. The van der Waals surface area contributed by atoms with Crippen molar-refractivity contribution in [1.82, 2.24) is 5.32 Å². The highest BCUT2D eigenvalue weighted by Gasteiger charge is 2.29. The van der Waals surface area contributed by atoms with Crippen LogP contribution in [0, 0.1) is 6.92 Å². The van der Waals surface area contributed by atoms with Crippen molar-refractivity contribution in [3.63, 3.8) is 0 Å². The lowest BCUT2D eigenvalue weighted by Crippen LogP contribution is -2.33. The van der Waals surface area contributed by atoms with E-state index in [2.05, 4.69) is 30.4 Å². The molecule has 0 aromatic heterocycles. The number of thioether (sulfide) groups is 1. The predicted molar refractivity (Wildman–Crippen MR) is 151 cm³/mol. The van der Waals surface area contributed by atoms with Crippen molar-refractivity contribution < 1.29 is 9.59 Å². The third kappa shape index (κ3) is 5.68. The molecule has 0 fully saturated rings. The molecule has 0 unspecified atom stereocenters. The Morgan fingerprint density at radius 1 is 0.919 bits per heavy atom. The minimum atomic E-state index is -0.128. The molecule has 4 aromatic rings. The van der Waals surface area contributed by atoms with Crippen LogP contribution in [0.25, 0.3) is 6.08 Å². The second-order valence-corrected chi connectivity index (χ2v) is 10.3. The van der Waals surface area contributed by atoms with Gasteiger partial charge in [-0.3, -0.25) is 9.59 Å². The first-order valence-electron chi connectivity index (χ1n) is 12.3. The van der Waals surface area contributed by atoms with E-state index in [4.69, 9.17) is 0 Å². The first-order chi connectivity index (χ1) is 18.0. The van der Waals surface area contributed by atoms with Crippen molar-refractivity contribution >= 4 is 35.3 Å². The minimum Gasteiger partial charge on any atom is -0.346 e. The lowest BCUT2D eigenvalue weighted by molar-refractivity contribution is -0.114. The highest BCUT2D eigenvalue weighted by molar-refractivity contribution is 8.04. The van der Waals surface area contributed by atoms with E-state index in [1.165, 1.54) is 17.3 Å². The van der Waals surface area contributed by atoms with Crippen molar-refractivity contribution in [2.75, 3.05) is 4.90 Å². The number of nitrogens with zero attached hydrogens (tertiary/aromatic N) is 1. The van der Waals surface area contributed by atoms with E-state index in [0.29, 0.717) is 17.0 Å². The van der Waals surface area contributed by atoms with Crippen molar-refractivity contribution in [3.8, 4) is 0 Å². The maximum atomic E-state index is 13.6. The molecule has 0 saturated carbocycles. The molecule has 1 aliphatic rings. The number of amides is 2. The number of nitrogens with one attached hydrogen (secondary N) is 1. The number of rotatable bonds is 6. The zero-order valence-corrected chi connectivity index (χ0v) is 21.7. The van der Waals surface area contributed by atoms with Crippen LogP contribution in [0.2, 0.25) is 0 Å². The molecule has 1 N–H and O–H groups in total. The van der Waals surface area contributed by atoms with Gasteiger partial charge in [-0.25, -0.2) is 0 Å². The summed E-state index contributed by atoms with van der Waals surface area (Å²) in [5.41, 5.74) is 5.70. The molecule has 0 radical (unpaired) electrons. The Bertz CT molecular complexity index is 1460. The molecule has 1 heterocycles. The van der Waals surface area contributed by atoms with Crippen LogP contribution in [0.4, 0.5) is 5.69 Å². The molecule has 0 saturated heterocycles. The summed E-state index contributed by atoms with van der Waals surface area (Å²) in [7, 11) is 0. The third-order valence-electron chi connectivity index (χ3n) is 6.37. The summed E-state index contributed by atoms with van der Waals surface area (Å²) in [6.07, 6.45) is 1.90. The van der Waals surface area contributed by atoms with Gasteiger partial charge in [0.15, 0.2) is 0 Å². The van der Waals surface area contributed by atoms with Crippen LogP contribution in [-0.2, 0) is 11.3 Å². The van der Waals surface area contributed by atoms with Gasteiger partial charge in [0.05, 0.1) is 23.2 Å². The van der Waals surface area contributed by atoms with Gasteiger partial charge in [-0.15, -0.1) is 0 Å². The Balaban J connectivity index is 1.35. The van der Waals surface area contributed by atoms with Gasteiger partial charge < -0.3 is 10.2 Å². The maximum Gasteiger partial charge on any atom is 0.265 e. The molecule has 0 bridgehead atoms. The Morgan fingerprint density at radius 2 is 1.65 bits per heavy atom. The fourth-order valence-corrected chi connectivity index (χ4v) is 5.46. The summed E-state index contributed by atoms with van der Waals surface area (Å²) >= 11 is 1.48. The molecule has 0 aliphatic carbocycles. The molecular weight excluding hydrogens is 476 g/mol. The molecular formula is C32H28N2O2S. The van der Waals surface area contributed by atoms with Crippen molar-refractivity contribution in [1.29, 1.82) is 0 Å². The Hall–Kier alpha value is -4.09. The average Bonchev–Trinajstić information content (AvgIpc) is 2.92. The number of hydrogen-bond acceptors (Lipinski definition) is 3.